The molecule has 0 saturated heterocycles. The molecule has 1 atom stereocenters. The molecule has 30 heavy (non-hydrogen) atoms. The van der Waals surface area contributed by atoms with Gasteiger partial charge in [-0.25, -0.2) is 4.98 Å². The number of para-hydroxylation sites is 3. The molecule has 6 nitrogen and oxygen atoms in total. The summed E-state index contributed by atoms with van der Waals surface area (Å²) >= 11 is 0. The largest absolute Gasteiger partial charge is 0.508 e. The number of phenolic OH excluding ortho intramolecular Hbond substituents is 1. The summed E-state index contributed by atoms with van der Waals surface area (Å²) in [7, 11) is 0. The summed E-state index contributed by atoms with van der Waals surface area (Å²) in [6.45, 7) is 1.89. The number of imidazole rings is 1. The third-order valence-electron chi connectivity index (χ3n) is 5.32. The number of allylic oxidation sites excluding steroid dienone is 1. The molecular formula is C24H20N4O2. The first-order valence-corrected chi connectivity index (χ1v) is 9.72. The van der Waals surface area contributed by atoms with Gasteiger partial charge < -0.3 is 15.7 Å². The third kappa shape index (κ3) is 2.99. The summed E-state index contributed by atoms with van der Waals surface area (Å²) in [5.41, 5.74) is 4.73. The van der Waals surface area contributed by atoms with Gasteiger partial charge in [0, 0.05) is 11.4 Å². The zero-order chi connectivity index (χ0) is 20.7. The standard InChI is InChI=1S/C24H20N4O2/c1-15-21(23(30)26-17-7-3-2-4-8-17)22(16-11-13-18(29)14-12-16)28-20-10-6-5-9-19(20)27-24(28)25-15/h2-14,22,29H,1H3,(H,25,27)(H,26,30)/t22-/m0/s1. The second kappa shape index (κ2) is 7.08. The lowest BCUT2D eigenvalue weighted by Crippen LogP contribution is -2.30. The quantitative estimate of drug-likeness (QED) is 0.470. The molecule has 148 valence electrons. The van der Waals surface area contributed by atoms with E-state index in [1.54, 1.807) is 12.1 Å². The summed E-state index contributed by atoms with van der Waals surface area (Å²) in [6.07, 6.45) is 0. The number of nitrogens with one attached hydrogen (secondary N) is 2. The number of phenols is 1. The van der Waals surface area contributed by atoms with Crippen molar-refractivity contribution in [1.29, 1.82) is 0 Å². The Balaban J connectivity index is 1.68. The van der Waals surface area contributed by atoms with Gasteiger partial charge in [-0.3, -0.25) is 9.36 Å². The van der Waals surface area contributed by atoms with Crippen molar-refractivity contribution in [2.24, 2.45) is 0 Å². The number of anilines is 2. The van der Waals surface area contributed by atoms with Gasteiger partial charge in [0.1, 0.15) is 5.75 Å². The maximum atomic E-state index is 13.4. The molecule has 0 bridgehead atoms. The van der Waals surface area contributed by atoms with E-state index in [1.807, 2.05) is 78.2 Å². The summed E-state index contributed by atoms with van der Waals surface area (Å²) in [5, 5.41) is 16.1. The average molecular weight is 396 g/mol. The average Bonchev–Trinajstić information content (AvgIpc) is 3.12. The molecule has 2 heterocycles. The molecule has 6 heteroatoms. The van der Waals surface area contributed by atoms with E-state index < -0.39 is 6.04 Å². The van der Waals surface area contributed by atoms with Crippen LogP contribution in [0.3, 0.4) is 0 Å². The van der Waals surface area contributed by atoms with E-state index in [9.17, 15) is 9.90 Å². The first-order valence-electron chi connectivity index (χ1n) is 9.72. The van der Waals surface area contributed by atoms with Gasteiger partial charge in [-0.15, -0.1) is 0 Å². The van der Waals surface area contributed by atoms with Crippen LogP contribution in [0.25, 0.3) is 11.0 Å². The van der Waals surface area contributed by atoms with Gasteiger partial charge in [0.2, 0.25) is 5.95 Å². The Morgan fingerprint density at radius 3 is 2.47 bits per heavy atom. The van der Waals surface area contributed by atoms with Crippen molar-refractivity contribution >= 4 is 28.6 Å². The SMILES string of the molecule is CC1=C(C(=O)Nc2ccccc2)[C@H](c2ccc(O)cc2)n2c(nc3ccccc32)N1. The number of aromatic hydroxyl groups is 1. The number of hydrogen-bond acceptors (Lipinski definition) is 4. The normalized spacial score (nSPS) is 15.6. The van der Waals surface area contributed by atoms with Crippen molar-refractivity contribution in [2.45, 2.75) is 13.0 Å². The molecule has 0 aliphatic carbocycles. The highest BCUT2D eigenvalue weighted by molar-refractivity contribution is 6.06. The molecule has 1 aliphatic rings. The minimum atomic E-state index is -0.391. The molecule has 5 rings (SSSR count). The summed E-state index contributed by atoms with van der Waals surface area (Å²) in [4.78, 5) is 18.1. The lowest BCUT2D eigenvalue weighted by molar-refractivity contribution is -0.113. The Bertz CT molecular complexity index is 1270. The predicted octanol–water partition coefficient (Wildman–Crippen LogP) is 4.67. The van der Waals surface area contributed by atoms with E-state index in [4.69, 9.17) is 4.98 Å². The Hall–Kier alpha value is -4.06. The molecule has 0 unspecified atom stereocenters. The minimum Gasteiger partial charge on any atom is -0.508 e. The summed E-state index contributed by atoms with van der Waals surface area (Å²) in [6, 6.07) is 23.8. The van der Waals surface area contributed by atoms with Crippen LogP contribution in [0.1, 0.15) is 18.5 Å². The van der Waals surface area contributed by atoms with Gasteiger partial charge >= 0.3 is 0 Å². The molecule has 3 N–H and O–H groups in total. The third-order valence-corrected chi connectivity index (χ3v) is 5.32. The van der Waals surface area contributed by atoms with Crippen LogP contribution < -0.4 is 10.6 Å². The molecule has 1 aliphatic heterocycles. The Labute approximate surface area is 173 Å². The molecule has 0 spiro atoms. The Morgan fingerprint density at radius 2 is 1.70 bits per heavy atom. The number of carbonyl (C=O) groups excluding carboxylic acids is 1. The van der Waals surface area contributed by atoms with Crippen molar-refractivity contribution in [3.63, 3.8) is 0 Å². The van der Waals surface area contributed by atoms with Crippen LogP contribution in [0.5, 0.6) is 5.75 Å². The van der Waals surface area contributed by atoms with Crippen LogP contribution in [0, 0.1) is 0 Å². The molecule has 1 aromatic heterocycles. The van der Waals surface area contributed by atoms with Gasteiger partial charge in [0.15, 0.2) is 0 Å². The van der Waals surface area contributed by atoms with E-state index >= 15 is 0 Å². The van der Waals surface area contributed by atoms with Gasteiger partial charge in [-0.2, -0.15) is 0 Å². The number of carbonyl (C=O) groups is 1. The zero-order valence-electron chi connectivity index (χ0n) is 16.3. The fraction of sp³-hybridized carbons (Fsp3) is 0.0833. The van der Waals surface area contributed by atoms with Crippen molar-refractivity contribution in [3.8, 4) is 5.75 Å². The predicted molar refractivity (Wildman–Crippen MR) is 117 cm³/mol. The van der Waals surface area contributed by atoms with Crippen LogP contribution in [0.4, 0.5) is 11.6 Å². The lowest BCUT2D eigenvalue weighted by atomic mass is 9.94. The van der Waals surface area contributed by atoms with Crippen LogP contribution in [-0.4, -0.2) is 20.6 Å². The van der Waals surface area contributed by atoms with Gasteiger partial charge in [0.05, 0.1) is 22.6 Å². The number of hydrogen-bond donors (Lipinski definition) is 3. The van der Waals surface area contributed by atoms with Gasteiger partial charge in [-0.05, 0) is 48.9 Å². The molecule has 1 amide bonds. The number of fused-ring (bicyclic) bond motifs is 3. The van der Waals surface area contributed by atoms with Crippen molar-refractivity contribution in [3.05, 3.63) is 95.7 Å². The maximum absolute atomic E-state index is 13.4. The molecule has 0 fully saturated rings. The zero-order valence-corrected chi connectivity index (χ0v) is 16.3. The first-order chi connectivity index (χ1) is 14.6. The van der Waals surface area contributed by atoms with Crippen LogP contribution in [0.15, 0.2) is 90.1 Å². The maximum Gasteiger partial charge on any atom is 0.255 e. The Morgan fingerprint density at radius 1 is 1.00 bits per heavy atom. The topological polar surface area (TPSA) is 79.2 Å². The number of amides is 1. The van der Waals surface area contributed by atoms with Gasteiger partial charge in [-0.1, -0.05) is 42.5 Å². The molecular weight excluding hydrogens is 376 g/mol. The highest BCUT2D eigenvalue weighted by Gasteiger charge is 2.34. The van der Waals surface area contributed by atoms with Crippen LogP contribution >= 0.6 is 0 Å². The molecule has 0 saturated carbocycles. The Kier molecular flexibility index (Phi) is 4.25. The highest BCUT2D eigenvalue weighted by Crippen LogP contribution is 2.39. The van der Waals surface area contributed by atoms with Crippen molar-refractivity contribution in [2.75, 3.05) is 10.6 Å². The molecule has 3 aromatic carbocycles. The van der Waals surface area contributed by atoms with Crippen molar-refractivity contribution in [1.82, 2.24) is 9.55 Å². The number of aromatic nitrogens is 2. The van der Waals surface area contributed by atoms with Gasteiger partial charge in [0.25, 0.3) is 5.91 Å². The smallest absolute Gasteiger partial charge is 0.255 e. The summed E-state index contributed by atoms with van der Waals surface area (Å²) in [5.74, 6) is 0.676. The molecule has 4 aromatic rings. The second-order valence-corrected chi connectivity index (χ2v) is 7.27. The monoisotopic (exact) mass is 396 g/mol. The fourth-order valence-electron chi connectivity index (χ4n) is 3.95. The second-order valence-electron chi connectivity index (χ2n) is 7.27. The fourth-order valence-corrected chi connectivity index (χ4v) is 3.95. The molecule has 0 radical (unpaired) electrons. The summed E-state index contributed by atoms with van der Waals surface area (Å²) < 4.78 is 2.04. The van der Waals surface area contributed by atoms with E-state index in [1.165, 1.54) is 0 Å². The van der Waals surface area contributed by atoms with E-state index in [0.29, 0.717) is 11.5 Å². The minimum absolute atomic E-state index is 0.180. The van der Waals surface area contributed by atoms with Crippen molar-refractivity contribution < 1.29 is 9.90 Å². The van der Waals surface area contributed by atoms with E-state index in [-0.39, 0.29) is 11.7 Å². The van der Waals surface area contributed by atoms with Crippen LogP contribution in [-0.2, 0) is 4.79 Å². The first kappa shape index (κ1) is 18.0. The van der Waals surface area contributed by atoms with E-state index in [2.05, 4.69) is 10.6 Å². The number of rotatable bonds is 3. The highest BCUT2D eigenvalue weighted by atomic mass is 16.3. The number of nitrogens with zero attached hydrogens (tertiary/aromatic N) is 2. The lowest BCUT2D eigenvalue weighted by Gasteiger charge is -2.30. The van der Waals surface area contributed by atoms with Crippen LogP contribution in [0.2, 0.25) is 0 Å². The number of benzene rings is 3. The van der Waals surface area contributed by atoms with E-state index in [0.717, 1.165) is 28.0 Å².